The minimum Gasteiger partial charge on any atom is -0.366 e. The molecule has 2 aliphatic rings. The molecule has 1 atom stereocenters. The lowest BCUT2D eigenvalue weighted by molar-refractivity contribution is -0.134. The number of nitrogens with one attached hydrogen (secondary N) is 2. The molecule has 1 aromatic carbocycles. The number of piperidine rings is 1. The third-order valence-electron chi connectivity index (χ3n) is 4.74. The van der Waals surface area contributed by atoms with Crippen LogP contribution in [0.3, 0.4) is 0 Å². The van der Waals surface area contributed by atoms with E-state index in [1.807, 2.05) is 0 Å². The Hall–Kier alpha value is -1.43. The second kappa shape index (κ2) is 8.43. The van der Waals surface area contributed by atoms with Crippen LogP contribution >= 0.6 is 0 Å². The van der Waals surface area contributed by atoms with Crippen molar-refractivity contribution in [2.75, 3.05) is 39.3 Å². The molecule has 1 amide bonds. The first-order valence-electron chi connectivity index (χ1n) is 8.67. The standard InChI is InChI=1S/C18H27N3O2/c22-18(17-13-19-8-11-23-17)20-12-15-6-9-21(10-7-15)14-16-4-2-1-3-5-16/h1-5,15,17,19H,6-14H2,(H,20,22). The second-order valence-electron chi connectivity index (χ2n) is 6.51. The van der Waals surface area contributed by atoms with Crippen molar-refractivity contribution in [2.45, 2.75) is 25.5 Å². The minimum absolute atomic E-state index is 0.0314. The highest BCUT2D eigenvalue weighted by atomic mass is 16.5. The molecule has 0 aromatic heterocycles. The number of amides is 1. The maximum atomic E-state index is 12.1. The minimum atomic E-state index is -0.318. The number of hydrogen-bond donors (Lipinski definition) is 2. The van der Waals surface area contributed by atoms with E-state index >= 15 is 0 Å². The number of hydrogen-bond acceptors (Lipinski definition) is 4. The Bertz CT molecular complexity index is 480. The van der Waals surface area contributed by atoms with Crippen molar-refractivity contribution in [3.05, 3.63) is 35.9 Å². The zero-order valence-corrected chi connectivity index (χ0v) is 13.7. The van der Waals surface area contributed by atoms with Crippen molar-refractivity contribution < 1.29 is 9.53 Å². The highest BCUT2D eigenvalue weighted by Gasteiger charge is 2.24. The van der Waals surface area contributed by atoms with Crippen LogP contribution in [0.5, 0.6) is 0 Å². The van der Waals surface area contributed by atoms with E-state index in [0.717, 1.165) is 45.6 Å². The van der Waals surface area contributed by atoms with Crippen LogP contribution in [0.15, 0.2) is 30.3 Å². The zero-order chi connectivity index (χ0) is 15.9. The first-order valence-corrected chi connectivity index (χ1v) is 8.67. The van der Waals surface area contributed by atoms with E-state index in [1.165, 1.54) is 5.56 Å². The van der Waals surface area contributed by atoms with Gasteiger partial charge < -0.3 is 15.4 Å². The summed E-state index contributed by atoms with van der Waals surface area (Å²) in [6, 6.07) is 10.6. The first-order chi connectivity index (χ1) is 11.3. The summed E-state index contributed by atoms with van der Waals surface area (Å²) in [5.41, 5.74) is 1.38. The lowest BCUT2D eigenvalue weighted by Gasteiger charge is -2.32. The summed E-state index contributed by atoms with van der Waals surface area (Å²) >= 11 is 0. The van der Waals surface area contributed by atoms with Crippen LogP contribution in [0.2, 0.25) is 0 Å². The Morgan fingerprint density at radius 2 is 2.04 bits per heavy atom. The number of likely N-dealkylation sites (tertiary alicyclic amines) is 1. The van der Waals surface area contributed by atoms with Crippen molar-refractivity contribution in [3.8, 4) is 0 Å². The fourth-order valence-corrected chi connectivity index (χ4v) is 3.28. The largest absolute Gasteiger partial charge is 0.366 e. The highest BCUT2D eigenvalue weighted by molar-refractivity contribution is 5.81. The van der Waals surface area contributed by atoms with Gasteiger partial charge in [0.15, 0.2) is 0 Å². The van der Waals surface area contributed by atoms with Gasteiger partial charge in [-0.05, 0) is 37.4 Å². The summed E-state index contributed by atoms with van der Waals surface area (Å²) in [5.74, 6) is 0.617. The maximum absolute atomic E-state index is 12.1. The summed E-state index contributed by atoms with van der Waals surface area (Å²) in [7, 11) is 0. The Kier molecular flexibility index (Phi) is 6.02. The van der Waals surface area contributed by atoms with E-state index in [2.05, 4.69) is 45.9 Å². The van der Waals surface area contributed by atoms with Crippen molar-refractivity contribution in [1.82, 2.24) is 15.5 Å². The highest BCUT2D eigenvalue weighted by Crippen LogP contribution is 2.18. The summed E-state index contributed by atoms with van der Waals surface area (Å²) < 4.78 is 5.48. The number of morpholine rings is 1. The third-order valence-corrected chi connectivity index (χ3v) is 4.74. The molecule has 0 saturated carbocycles. The zero-order valence-electron chi connectivity index (χ0n) is 13.7. The van der Waals surface area contributed by atoms with Gasteiger partial charge in [-0.15, -0.1) is 0 Å². The Morgan fingerprint density at radius 3 is 2.74 bits per heavy atom. The van der Waals surface area contributed by atoms with E-state index in [-0.39, 0.29) is 12.0 Å². The normalized spacial score (nSPS) is 23.6. The van der Waals surface area contributed by atoms with Crippen molar-refractivity contribution in [2.24, 2.45) is 5.92 Å². The molecule has 0 bridgehead atoms. The second-order valence-corrected chi connectivity index (χ2v) is 6.51. The monoisotopic (exact) mass is 317 g/mol. The fraction of sp³-hybridized carbons (Fsp3) is 0.611. The molecule has 23 heavy (non-hydrogen) atoms. The van der Waals surface area contributed by atoms with Gasteiger partial charge in [0, 0.05) is 26.2 Å². The molecule has 1 unspecified atom stereocenters. The summed E-state index contributed by atoms with van der Waals surface area (Å²) in [4.78, 5) is 14.6. The topological polar surface area (TPSA) is 53.6 Å². The van der Waals surface area contributed by atoms with Crippen LogP contribution in [0, 0.1) is 5.92 Å². The van der Waals surface area contributed by atoms with Gasteiger partial charge in [-0.3, -0.25) is 9.69 Å². The van der Waals surface area contributed by atoms with Gasteiger partial charge in [0.05, 0.1) is 6.61 Å². The molecule has 5 heteroatoms. The number of ether oxygens (including phenoxy) is 1. The van der Waals surface area contributed by atoms with Crippen LogP contribution in [0.25, 0.3) is 0 Å². The Morgan fingerprint density at radius 1 is 1.26 bits per heavy atom. The molecule has 2 saturated heterocycles. The molecule has 2 fully saturated rings. The molecule has 0 radical (unpaired) electrons. The van der Waals surface area contributed by atoms with Gasteiger partial charge in [-0.2, -0.15) is 0 Å². The van der Waals surface area contributed by atoms with Crippen LogP contribution in [-0.4, -0.2) is 56.2 Å². The Balaban J connectivity index is 1.35. The van der Waals surface area contributed by atoms with Crippen LogP contribution in [-0.2, 0) is 16.1 Å². The first kappa shape index (κ1) is 16.4. The molecule has 3 rings (SSSR count). The molecule has 0 spiro atoms. The number of carbonyl (C=O) groups excluding carboxylic acids is 1. The lowest BCUT2D eigenvalue weighted by Crippen LogP contribution is -2.49. The van der Waals surface area contributed by atoms with Crippen LogP contribution in [0.1, 0.15) is 18.4 Å². The molecular weight excluding hydrogens is 290 g/mol. The van der Waals surface area contributed by atoms with E-state index < -0.39 is 0 Å². The third kappa shape index (κ3) is 5.03. The number of benzene rings is 1. The van der Waals surface area contributed by atoms with E-state index in [0.29, 0.717) is 19.1 Å². The predicted molar refractivity (Wildman–Crippen MR) is 90.1 cm³/mol. The van der Waals surface area contributed by atoms with Crippen LogP contribution < -0.4 is 10.6 Å². The van der Waals surface area contributed by atoms with Crippen molar-refractivity contribution in [1.29, 1.82) is 0 Å². The van der Waals surface area contributed by atoms with Gasteiger partial charge in [-0.1, -0.05) is 30.3 Å². The smallest absolute Gasteiger partial charge is 0.250 e. The molecule has 2 N–H and O–H groups in total. The number of nitrogens with zero attached hydrogens (tertiary/aromatic N) is 1. The van der Waals surface area contributed by atoms with E-state index in [1.54, 1.807) is 0 Å². The molecule has 5 nitrogen and oxygen atoms in total. The number of carbonyl (C=O) groups is 1. The average Bonchev–Trinajstić information content (AvgIpc) is 2.62. The van der Waals surface area contributed by atoms with Gasteiger partial charge in [0.2, 0.25) is 5.91 Å². The molecule has 1 aromatic rings. The van der Waals surface area contributed by atoms with Crippen LogP contribution in [0.4, 0.5) is 0 Å². The average molecular weight is 317 g/mol. The molecule has 2 heterocycles. The number of rotatable bonds is 5. The maximum Gasteiger partial charge on any atom is 0.250 e. The molecule has 2 aliphatic heterocycles. The Labute approximate surface area is 138 Å². The quantitative estimate of drug-likeness (QED) is 0.851. The van der Waals surface area contributed by atoms with Gasteiger partial charge in [0.25, 0.3) is 0 Å². The summed E-state index contributed by atoms with van der Waals surface area (Å²) in [6.45, 7) is 6.11. The van der Waals surface area contributed by atoms with Crippen molar-refractivity contribution >= 4 is 5.91 Å². The summed E-state index contributed by atoms with van der Waals surface area (Å²) in [6.07, 6.45) is 1.98. The van der Waals surface area contributed by atoms with Gasteiger partial charge >= 0.3 is 0 Å². The van der Waals surface area contributed by atoms with E-state index in [4.69, 9.17) is 4.74 Å². The fourth-order valence-electron chi connectivity index (χ4n) is 3.28. The van der Waals surface area contributed by atoms with Crippen molar-refractivity contribution in [3.63, 3.8) is 0 Å². The summed E-state index contributed by atoms with van der Waals surface area (Å²) in [5, 5.41) is 6.25. The lowest BCUT2D eigenvalue weighted by atomic mass is 9.96. The molecule has 0 aliphatic carbocycles. The molecular formula is C18H27N3O2. The van der Waals surface area contributed by atoms with E-state index in [9.17, 15) is 4.79 Å². The molecule has 126 valence electrons. The SMILES string of the molecule is O=C(NCC1CCN(Cc2ccccc2)CC1)C1CNCCO1. The van der Waals surface area contributed by atoms with Gasteiger partial charge in [0.1, 0.15) is 6.10 Å². The predicted octanol–water partition coefficient (Wildman–Crippen LogP) is 1.00. The van der Waals surface area contributed by atoms with Gasteiger partial charge in [-0.25, -0.2) is 0 Å².